The van der Waals surface area contributed by atoms with Crippen LogP contribution >= 0.6 is 11.3 Å². The summed E-state index contributed by atoms with van der Waals surface area (Å²) in [6.07, 6.45) is 17.7. The van der Waals surface area contributed by atoms with Gasteiger partial charge in [0, 0.05) is 11.3 Å². The van der Waals surface area contributed by atoms with E-state index in [2.05, 4.69) is 35.4 Å². The molecule has 0 atom stereocenters. The van der Waals surface area contributed by atoms with Crippen LogP contribution in [0.25, 0.3) is 0 Å². The number of hydrogen-bond acceptors (Lipinski definition) is 5. The third-order valence-corrected chi connectivity index (χ3v) is 7.94. The Bertz CT molecular complexity index is 1150. The fourth-order valence-corrected chi connectivity index (χ4v) is 5.44. The summed E-state index contributed by atoms with van der Waals surface area (Å²) in [6.45, 7) is 5.65. The summed E-state index contributed by atoms with van der Waals surface area (Å²) in [5.74, 6) is 1.44. The molecule has 0 radical (unpaired) electrons. The second kappa shape index (κ2) is 19.1. The molecule has 3 rings (SSSR count). The zero-order chi connectivity index (χ0) is 29.1. The van der Waals surface area contributed by atoms with Crippen molar-refractivity contribution in [3.8, 4) is 17.2 Å². The molecule has 0 saturated carbocycles. The van der Waals surface area contributed by atoms with Gasteiger partial charge in [-0.15, -0.1) is 0 Å². The number of para-hydroxylation sites is 1. The molecule has 0 unspecified atom stereocenters. The fourth-order valence-electron chi connectivity index (χ4n) is 4.80. The van der Waals surface area contributed by atoms with E-state index in [1.54, 1.807) is 18.4 Å². The molecular formula is C34H49N2O4S+. The van der Waals surface area contributed by atoms with Gasteiger partial charge < -0.3 is 19.5 Å². The van der Waals surface area contributed by atoms with Gasteiger partial charge in [0.1, 0.15) is 0 Å². The number of aryl methyl sites for hydroxylation is 1. The van der Waals surface area contributed by atoms with Crippen LogP contribution in [0.2, 0.25) is 0 Å². The highest BCUT2D eigenvalue weighted by molar-refractivity contribution is 7.09. The van der Waals surface area contributed by atoms with Crippen molar-refractivity contribution in [1.29, 1.82) is 0 Å². The summed E-state index contributed by atoms with van der Waals surface area (Å²) in [7, 11) is 1.62. The number of nitrogens with one attached hydrogen (secondary N) is 1. The lowest BCUT2D eigenvalue weighted by Crippen LogP contribution is -2.30. The highest BCUT2D eigenvalue weighted by atomic mass is 32.1. The van der Waals surface area contributed by atoms with Crippen molar-refractivity contribution in [1.82, 2.24) is 0 Å². The molecule has 224 valence electrons. The third kappa shape index (κ3) is 12.6. The maximum absolute atomic E-state index is 12.6. The number of aromatic nitrogens is 1. The largest absolute Gasteiger partial charge is 0.493 e. The Morgan fingerprint density at radius 3 is 2.07 bits per heavy atom. The van der Waals surface area contributed by atoms with Gasteiger partial charge in [0.25, 0.3) is 5.91 Å². The van der Waals surface area contributed by atoms with Crippen LogP contribution in [0.1, 0.15) is 94.4 Å². The number of thiazole rings is 1. The Morgan fingerprint density at radius 1 is 0.829 bits per heavy atom. The molecular weight excluding hydrogens is 532 g/mol. The quantitative estimate of drug-likeness (QED) is 0.101. The van der Waals surface area contributed by atoms with Crippen LogP contribution in [0.4, 0.5) is 5.69 Å². The first-order chi connectivity index (χ1) is 20.1. The van der Waals surface area contributed by atoms with E-state index in [1.165, 1.54) is 74.6 Å². The highest BCUT2D eigenvalue weighted by Gasteiger charge is 2.14. The molecule has 7 heteroatoms. The van der Waals surface area contributed by atoms with E-state index in [4.69, 9.17) is 14.2 Å². The molecule has 1 aromatic heterocycles. The first kappa shape index (κ1) is 32.5. The summed E-state index contributed by atoms with van der Waals surface area (Å²) in [5, 5.41) is 2.91. The number of ether oxygens (including phenoxy) is 3. The second-order valence-corrected chi connectivity index (χ2v) is 11.8. The molecule has 41 heavy (non-hydrogen) atoms. The monoisotopic (exact) mass is 581 g/mol. The number of hydrogen-bond donors (Lipinski definition) is 1. The predicted molar refractivity (Wildman–Crippen MR) is 168 cm³/mol. The molecule has 3 aromatic rings. The first-order valence-electron chi connectivity index (χ1n) is 15.3. The van der Waals surface area contributed by atoms with Crippen LogP contribution in [0.5, 0.6) is 17.2 Å². The SMILES string of the molecule is CCCCCCCCCCCCCCOc1c(OC)cccc1OCC(=O)Nc1ccc(C[n+]2csc(C)c2)cc1. The Balaban J connectivity index is 1.35. The van der Waals surface area contributed by atoms with Crippen molar-refractivity contribution in [3.63, 3.8) is 0 Å². The molecule has 0 spiro atoms. The minimum absolute atomic E-state index is 0.117. The molecule has 0 fully saturated rings. The number of amides is 1. The summed E-state index contributed by atoms with van der Waals surface area (Å²) in [6, 6.07) is 13.4. The zero-order valence-electron chi connectivity index (χ0n) is 25.3. The lowest BCUT2D eigenvalue weighted by Gasteiger charge is -2.15. The number of nitrogens with zero attached hydrogens (tertiary/aromatic N) is 1. The minimum atomic E-state index is -0.227. The molecule has 1 amide bonds. The van der Waals surface area contributed by atoms with E-state index in [0.29, 0.717) is 23.9 Å². The maximum Gasteiger partial charge on any atom is 0.262 e. The van der Waals surface area contributed by atoms with Gasteiger partial charge in [-0.2, -0.15) is 4.57 Å². The Kier molecular flexibility index (Phi) is 15.1. The van der Waals surface area contributed by atoms with Gasteiger partial charge in [-0.3, -0.25) is 4.79 Å². The summed E-state index contributed by atoms with van der Waals surface area (Å²) < 4.78 is 19.6. The predicted octanol–water partition coefficient (Wildman–Crippen LogP) is 8.50. The van der Waals surface area contributed by atoms with Crippen molar-refractivity contribution in [3.05, 3.63) is 64.6 Å². The van der Waals surface area contributed by atoms with Crippen molar-refractivity contribution < 1.29 is 23.6 Å². The maximum atomic E-state index is 12.6. The van der Waals surface area contributed by atoms with Crippen molar-refractivity contribution in [2.75, 3.05) is 25.6 Å². The summed E-state index contributed by atoms with van der Waals surface area (Å²) >= 11 is 1.73. The molecule has 0 aliphatic heterocycles. The normalized spacial score (nSPS) is 10.9. The Morgan fingerprint density at radius 2 is 1.46 bits per heavy atom. The van der Waals surface area contributed by atoms with Crippen LogP contribution in [-0.4, -0.2) is 26.2 Å². The third-order valence-electron chi connectivity index (χ3n) is 7.09. The van der Waals surface area contributed by atoms with E-state index < -0.39 is 0 Å². The van der Waals surface area contributed by atoms with E-state index in [0.717, 1.165) is 25.1 Å². The van der Waals surface area contributed by atoms with Crippen molar-refractivity contribution >= 4 is 22.9 Å². The molecule has 1 N–H and O–H groups in total. The fraction of sp³-hybridized carbons (Fsp3) is 0.529. The molecule has 6 nitrogen and oxygen atoms in total. The van der Waals surface area contributed by atoms with Crippen LogP contribution in [-0.2, 0) is 11.3 Å². The van der Waals surface area contributed by atoms with Gasteiger partial charge in [0.05, 0.1) is 18.6 Å². The summed E-state index contributed by atoms with van der Waals surface area (Å²) in [4.78, 5) is 13.9. The number of benzene rings is 2. The van der Waals surface area contributed by atoms with Gasteiger partial charge in [-0.1, -0.05) is 107 Å². The van der Waals surface area contributed by atoms with E-state index in [1.807, 2.05) is 42.5 Å². The van der Waals surface area contributed by atoms with E-state index in [-0.39, 0.29) is 12.5 Å². The van der Waals surface area contributed by atoms with E-state index >= 15 is 0 Å². The van der Waals surface area contributed by atoms with E-state index in [9.17, 15) is 4.79 Å². The van der Waals surface area contributed by atoms with Crippen LogP contribution in [0, 0.1) is 6.92 Å². The molecule has 0 saturated heterocycles. The average molecular weight is 582 g/mol. The number of anilines is 1. The van der Waals surface area contributed by atoms with Crippen LogP contribution < -0.4 is 24.1 Å². The molecule has 0 aliphatic rings. The molecule has 0 aliphatic carbocycles. The van der Waals surface area contributed by atoms with Gasteiger partial charge in [-0.25, -0.2) is 0 Å². The standard InChI is InChI=1S/C34H48N2O4S/c1-4-5-6-7-8-9-10-11-12-13-14-15-23-39-34-31(38-3)17-16-18-32(34)40-26-33(37)35-30-21-19-29(20-22-30)25-36-24-28(2)41-27-36/h16-22,24,27H,4-15,23,25-26H2,1-3H3/p+1. The summed E-state index contributed by atoms with van der Waals surface area (Å²) in [5.41, 5.74) is 4.02. The zero-order valence-corrected chi connectivity index (χ0v) is 26.1. The van der Waals surface area contributed by atoms with Crippen molar-refractivity contribution in [2.45, 2.75) is 97.4 Å². The second-order valence-electron chi connectivity index (χ2n) is 10.7. The van der Waals surface area contributed by atoms with Gasteiger partial charge >= 0.3 is 0 Å². The van der Waals surface area contributed by atoms with Gasteiger partial charge in [0.15, 0.2) is 30.8 Å². The lowest BCUT2D eigenvalue weighted by molar-refractivity contribution is -0.683. The smallest absolute Gasteiger partial charge is 0.262 e. The number of unbranched alkanes of at least 4 members (excludes halogenated alkanes) is 11. The molecule has 1 heterocycles. The lowest BCUT2D eigenvalue weighted by atomic mass is 10.1. The number of methoxy groups -OCH3 is 1. The molecule has 0 bridgehead atoms. The topological polar surface area (TPSA) is 60.7 Å². The Labute approximate surface area is 251 Å². The van der Waals surface area contributed by atoms with Crippen LogP contribution in [0.3, 0.4) is 0 Å². The number of rotatable bonds is 21. The highest BCUT2D eigenvalue weighted by Crippen LogP contribution is 2.37. The Hall–Kier alpha value is -3.06. The van der Waals surface area contributed by atoms with Gasteiger partial charge in [-0.05, 0) is 37.6 Å². The van der Waals surface area contributed by atoms with Gasteiger partial charge in [0.2, 0.25) is 11.3 Å². The first-order valence-corrected chi connectivity index (χ1v) is 16.2. The minimum Gasteiger partial charge on any atom is -0.493 e. The number of carbonyl (C=O) groups is 1. The van der Waals surface area contributed by atoms with Crippen LogP contribution in [0.15, 0.2) is 54.2 Å². The van der Waals surface area contributed by atoms with Crippen molar-refractivity contribution in [2.24, 2.45) is 0 Å². The molecule has 2 aromatic carbocycles. The average Bonchev–Trinajstić information content (AvgIpc) is 3.39. The number of carbonyl (C=O) groups excluding carboxylic acids is 1.